The number of methoxy groups -OCH3 is 1. The summed E-state index contributed by atoms with van der Waals surface area (Å²) in [6.07, 6.45) is -0.910. The fourth-order valence-corrected chi connectivity index (χ4v) is 6.20. The number of halogens is 3. The molecule has 36 heavy (non-hydrogen) atoms. The maximum Gasteiger partial charge on any atom is 0.393 e. The molecule has 0 atom stereocenters. The van der Waals surface area contributed by atoms with Crippen LogP contribution in [0.15, 0.2) is 36.7 Å². The lowest BCUT2D eigenvalue weighted by atomic mass is 10.1. The lowest BCUT2D eigenvalue weighted by molar-refractivity contribution is -0.126. The van der Waals surface area contributed by atoms with Crippen molar-refractivity contribution in [1.29, 1.82) is 0 Å². The lowest BCUT2D eigenvalue weighted by Gasteiger charge is -2.35. The fraction of sp³-hybridized carbons (Fsp3) is 0.417. The Bertz CT molecular complexity index is 1300. The summed E-state index contributed by atoms with van der Waals surface area (Å²) in [5.41, 5.74) is 1.27. The number of rotatable bonds is 8. The fourth-order valence-electron chi connectivity index (χ4n) is 4.25. The van der Waals surface area contributed by atoms with E-state index in [4.69, 9.17) is 4.74 Å². The van der Waals surface area contributed by atoms with Gasteiger partial charge < -0.3 is 14.5 Å². The first-order valence-corrected chi connectivity index (χ1v) is 13.3. The van der Waals surface area contributed by atoms with Crippen LogP contribution in [0.25, 0.3) is 10.2 Å². The summed E-state index contributed by atoms with van der Waals surface area (Å²) in [5.74, 6) is 1.55. The number of hydrogen-bond acceptors (Lipinski definition) is 9. The van der Waals surface area contributed by atoms with Crippen LogP contribution in [0.5, 0.6) is 5.75 Å². The maximum absolute atomic E-state index is 12.8. The van der Waals surface area contributed by atoms with Crippen molar-refractivity contribution in [2.75, 3.05) is 43.1 Å². The quantitative estimate of drug-likeness (QED) is 0.309. The Balaban J connectivity index is 1.16. The molecule has 0 spiro atoms. The van der Waals surface area contributed by atoms with Gasteiger partial charge in [-0.15, -0.1) is 21.5 Å². The van der Waals surface area contributed by atoms with E-state index in [2.05, 4.69) is 42.1 Å². The number of anilines is 2. The van der Waals surface area contributed by atoms with Gasteiger partial charge in [0.25, 0.3) is 0 Å². The molecule has 12 heteroatoms. The Kier molecular flexibility index (Phi) is 7.24. The highest BCUT2D eigenvalue weighted by Crippen LogP contribution is 2.34. The van der Waals surface area contributed by atoms with Crippen molar-refractivity contribution in [2.45, 2.75) is 31.9 Å². The molecular formula is C24H25F3N6OS2. The van der Waals surface area contributed by atoms with Crippen LogP contribution >= 0.6 is 22.7 Å². The first-order chi connectivity index (χ1) is 17.4. The smallest absolute Gasteiger partial charge is 0.393 e. The Labute approximate surface area is 214 Å². The minimum absolute atomic E-state index is 0.256. The van der Waals surface area contributed by atoms with Crippen LogP contribution in [0.3, 0.4) is 0 Å². The van der Waals surface area contributed by atoms with Crippen molar-refractivity contribution in [3.8, 4) is 5.75 Å². The Morgan fingerprint density at radius 2 is 1.69 bits per heavy atom. The number of nitrogens with zero attached hydrogens (tertiary/aromatic N) is 6. The zero-order valence-corrected chi connectivity index (χ0v) is 21.3. The average molecular weight is 535 g/mol. The molecule has 1 aliphatic heterocycles. The van der Waals surface area contributed by atoms with E-state index < -0.39 is 12.6 Å². The summed E-state index contributed by atoms with van der Waals surface area (Å²) < 4.78 is 43.7. The van der Waals surface area contributed by atoms with Crippen LogP contribution < -0.4 is 14.5 Å². The van der Waals surface area contributed by atoms with Gasteiger partial charge in [0.1, 0.15) is 27.7 Å². The van der Waals surface area contributed by atoms with E-state index in [1.165, 1.54) is 11.9 Å². The van der Waals surface area contributed by atoms with Gasteiger partial charge in [0, 0.05) is 37.5 Å². The van der Waals surface area contributed by atoms with Gasteiger partial charge in [-0.3, -0.25) is 0 Å². The zero-order valence-electron chi connectivity index (χ0n) is 19.7. The van der Waals surface area contributed by atoms with Gasteiger partial charge in [0.05, 0.1) is 18.9 Å². The van der Waals surface area contributed by atoms with Crippen LogP contribution in [0, 0.1) is 0 Å². The maximum atomic E-state index is 12.8. The van der Waals surface area contributed by atoms with E-state index in [9.17, 15) is 13.2 Å². The number of aryl methyl sites for hydroxylation is 2. The molecule has 0 amide bonds. The van der Waals surface area contributed by atoms with Crippen LogP contribution in [0.2, 0.25) is 0 Å². The molecule has 5 rings (SSSR count). The summed E-state index contributed by atoms with van der Waals surface area (Å²) in [7, 11) is 1.66. The van der Waals surface area contributed by atoms with Gasteiger partial charge in [0.2, 0.25) is 5.13 Å². The predicted octanol–water partition coefficient (Wildman–Crippen LogP) is 5.16. The highest BCUT2D eigenvalue weighted by atomic mass is 32.1. The Hall–Kier alpha value is -2.99. The summed E-state index contributed by atoms with van der Waals surface area (Å²) in [5, 5.41) is 11.4. The Morgan fingerprint density at radius 1 is 0.944 bits per heavy atom. The van der Waals surface area contributed by atoms with Gasteiger partial charge >= 0.3 is 6.18 Å². The highest BCUT2D eigenvalue weighted by Gasteiger charge is 2.30. The van der Waals surface area contributed by atoms with Gasteiger partial charge in [-0.1, -0.05) is 23.5 Å². The number of ether oxygens (including phenoxy) is 1. The van der Waals surface area contributed by atoms with Gasteiger partial charge in [-0.25, -0.2) is 9.97 Å². The van der Waals surface area contributed by atoms with Crippen LogP contribution in [-0.2, 0) is 19.3 Å². The van der Waals surface area contributed by atoms with Crippen molar-refractivity contribution in [3.63, 3.8) is 0 Å². The molecule has 4 aromatic rings. The molecule has 0 radical (unpaired) electrons. The van der Waals surface area contributed by atoms with E-state index in [1.54, 1.807) is 24.5 Å². The van der Waals surface area contributed by atoms with E-state index in [1.807, 2.05) is 12.1 Å². The second-order valence-electron chi connectivity index (χ2n) is 8.57. The predicted molar refractivity (Wildman–Crippen MR) is 137 cm³/mol. The molecule has 0 saturated carbocycles. The first-order valence-electron chi connectivity index (χ1n) is 11.6. The third-order valence-corrected chi connectivity index (χ3v) is 8.14. The van der Waals surface area contributed by atoms with Crippen molar-refractivity contribution in [2.24, 2.45) is 0 Å². The Morgan fingerprint density at radius 3 is 2.42 bits per heavy atom. The molecule has 0 unspecified atom stereocenters. The van der Waals surface area contributed by atoms with Gasteiger partial charge in [0.15, 0.2) is 0 Å². The molecule has 0 bridgehead atoms. The second-order valence-corrected chi connectivity index (χ2v) is 10.7. The number of hydrogen-bond donors (Lipinski definition) is 0. The minimum atomic E-state index is -4.24. The molecular weight excluding hydrogens is 509 g/mol. The third-order valence-electron chi connectivity index (χ3n) is 6.06. The molecule has 4 heterocycles. The molecule has 7 nitrogen and oxygen atoms in total. The molecule has 0 N–H and O–H groups in total. The minimum Gasteiger partial charge on any atom is -0.497 e. The standard InChI is InChI=1S/C24H25F3N6OS2/c1-34-17-7-5-16(6-8-17)3-2-4-20-30-31-23(36-20)33-11-9-32(10-12-33)21-19-13-18(14-24(25,26)27)35-22(19)29-15-28-21/h5-8,13,15H,2-4,9-12,14H2,1H3. The summed E-state index contributed by atoms with van der Waals surface area (Å²) in [6, 6.07) is 9.71. The average Bonchev–Trinajstić information content (AvgIpc) is 3.50. The second kappa shape index (κ2) is 10.6. The van der Waals surface area contributed by atoms with E-state index in [-0.39, 0.29) is 4.88 Å². The number of thiophene rings is 1. The SMILES string of the molecule is COc1ccc(CCCc2nnc(N3CCN(c4ncnc5sc(CC(F)(F)F)cc45)CC3)s2)cc1. The molecule has 1 aliphatic rings. The van der Waals surface area contributed by atoms with Crippen molar-refractivity contribution >= 4 is 43.8 Å². The molecule has 0 aliphatic carbocycles. The van der Waals surface area contributed by atoms with E-state index in [0.29, 0.717) is 29.1 Å². The highest BCUT2D eigenvalue weighted by molar-refractivity contribution is 7.18. The number of piperazine rings is 1. The summed E-state index contributed by atoms with van der Waals surface area (Å²) in [6.45, 7) is 2.88. The van der Waals surface area contributed by atoms with Crippen molar-refractivity contribution in [1.82, 2.24) is 20.2 Å². The van der Waals surface area contributed by atoms with E-state index in [0.717, 1.165) is 59.6 Å². The number of aromatic nitrogens is 4. The van der Waals surface area contributed by atoms with Crippen LogP contribution in [0.4, 0.5) is 24.1 Å². The topological polar surface area (TPSA) is 67.3 Å². The third kappa shape index (κ3) is 5.86. The van der Waals surface area contributed by atoms with Gasteiger partial charge in [-0.2, -0.15) is 13.2 Å². The van der Waals surface area contributed by atoms with E-state index >= 15 is 0 Å². The largest absolute Gasteiger partial charge is 0.497 e. The normalized spacial score (nSPS) is 14.6. The van der Waals surface area contributed by atoms with Gasteiger partial charge in [-0.05, 0) is 36.6 Å². The number of benzene rings is 1. The molecule has 1 aromatic carbocycles. The van der Waals surface area contributed by atoms with Crippen LogP contribution in [-0.4, -0.2) is 59.6 Å². The number of fused-ring (bicyclic) bond motifs is 1. The first kappa shape index (κ1) is 24.7. The lowest BCUT2D eigenvalue weighted by Crippen LogP contribution is -2.46. The molecule has 1 saturated heterocycles. The van der Waals surface area contributed by atoms with Crippen molar-refractivity contribution < 1.29 is 17.9 Å². The number of alkyl halides is 3. The van der Waals surface area contributed by atoms with Crippen LogP contribution in [0.1, 0.15) is 21.9 Å². The molecule has 190 valence electrons. The summed E-state index contributed by atoms with van der Waals surface area (Å²) in [4.78, 5) is 13.8. The van der Waals surface area contributed by atoms with Crippen molar-refractivity contribution in [3.05, 3.63) is 52.1 Å². The molecule has 1 fully saturated rings. The zero-order chi connectivity index (χ0) is 25.1. The monoisotopic (exact) mass is 534 g/mol. The molecule has 3 aromatic heterocycles. The summed E-state index contributed by atoms with van der Waals surface area (Å²) >= 11 is 2.70.